The van der Waals surface area contributed by atoms with E-state index < -0.39 is 0 Å². The predicted octanol–water partition coefficient (Wildman–Crippen LogP) is 2.95. The minimum absolute atomic E-state index is 0.593. The standard InChI is InChI=1S/C25H33N5O3/c1-2-20(16-22(3-1)21-4-5-21)19-26-28-24-17-23(30-9-13-32-14-10-30)18-25(27-24)33-15-8-29-6-11-31-12-7-29/h1-3,16-19,21H,4-15H2,(H,27,28). The summed E-state index contributed by atoms with van der Waals surface area (Å²) < 4.78 is 17.0. The second kappa shape index (κ2) is 11.0. The largest absolute Gasteiger partial charge is 0.476 e. The van der Waals surface area contributed by atoms with Crippen LogP contribution in [-0.4, -0.2) is 81.9 Å². The molecule has 0 bridgehead atoms. The first-order chi connectivity index (χ1) is 16.3. The van der Waals surface area contributed by atoms with Crippen molar-refractivity contribution in [2.24, 2.45) is 5.10 Å². The van der Waals surface area contributed by atoms with Gasteiger partial charge in [-0.1, -0.05) is 18.2 Å². The third-order valence-electron chi connectivity index (χ3n) is 6.28. The van der Waals surface area contributed by atoms with Gasteiger partial charge in [0.05, 0.1) is 32.6 Å². The van der Waals surface area contributed by atoms with Crippen LogP contribution in [0.1, 0.15) is 29.9 Å². The molecule has 2 aromatic rings. The fraction of sp³-hybridized carbons (Fsp3) is 0.520. The summed E-state index contributed by atoms with van der Waals surface area (Å²) in [6, 6.07) is 12.6. The van der Waals surface area contributed by atoms with E-state index in [9.17, 15) is 0 Å². The van der Waals surface area contributed by atoms with Crippen LogP contribution in [0.25, 0.3) is 0 Å². The summed E-state index contributed by atoms with van der Waals surface area (Å²) in [6.45, 7) is 8.12. The Kier molecular flexibility index (Phi) is 7.35. The van der Waals surface area contributed by atoms with Crippen LogP contribution in [0.15, 0.2) is 41.5 Å². The third kappa shape index (κ3) is 6.43. The van der Waals surface area contributed by atoms with E-state index in [0.29, 0.717) is 18.3 Å². The summed E-state index contributed by atoms with van der Waals surface area (Å²) in [5, 5.41) is 4.46. The Labute approximate surface area is 195 Å². The Hall–Kier alpha value is -2.68. The molecule has 1 N–H and O–H groups in total. The van der Waals surface area contributed by atoms with Gasteiger partial charge >= 0.3 is 0 Å². The third-order valence-corrected chi connectivity index (χ3v) is 6.28. The van der Waals surface area contributed by atoms with Crippen LogP contribution in [0.2, 0.25) is 0 Å². The highest BCUT2D eigenvalue weighted by atomic mass is 16.5. The number of morpholine rings is 2. The van der Waals surface area contributed by atoms with Crippen molar-refractivity contribution >= 4 is 17.7 Å². The van der Waals surface area contributed by atoms with Crippen LogP contribution in [-0.2, 0) is 9.47 Å². The maximum absolute atomic E-state index is 6.05. The summed E-state index contributed by atoms with van der Waals surface area (Å²) >= 11 is 0. The van der Waals surface area contributed by atoms with Gasteiger partial charge in [0.2, 0.25) is 5.88 Å². The van der Waals surface area contributed by atoms with Gasteiger partial charge in [0, 0.05) is 50.5 Å². The number of nitrogens with zero attached hydrogens (tertiary/aromatic N) is 4. The molecule has 2 aliphatic heterocycles. The molecule has 0 amide bonds. The van der Waals surface area contributed by atoms with Gasteiger partial charge in [0.15, 0.2) is 5.82 Å². The minimum atomic E-state index is 0.593. The highest BCUT2D eigenvalue weighted by Crippen LogP contribution is 2.40. The summed E-state index contributed by atoms with van der Waals surface area (Å²) in [6.07, 6.45) is 4.45. The molecule has 1 aliphatic carbocycles. The topological polar surface area (TPSA) is 71.5 Å². The van der Waals surface area contributed by atoms with E-state index in [1.54, 1.807) is 0 Å². The molecule has 0 spiro atoms. The Balaban J connectivity index is 1.25. The summed E-state index contributed by atoms with van der Waals surface area (Å²) in [5.74, 6) is 2.02. The van der Waals surface area contributed by atoms with Crippen molar-refractivity contribution in [2.75, 3.05) is 76.1 Å². The quantitative estimate of drug-likeness (QED) is 0.464. The molecule has 3 heterocycles. The molecule has 0 radical (unpaired) electrons. The van der Waals surface area contributed by atoms with Gasteiger partial charge in [-0.3, -0.25) is 10.3 Å². The lowest BCUT2D eigenvalue weighted by atomic mass is 10.1. The highest BCUT2D eigenvalue weighted by molar-refractivity contribution is 5.80. The molecule has 1 aromatic heterocycles. The van der Waals surface area contributed by atoms with Gasteiger partial charge in [0.1, 0.15) is 6.61 Å². The SMILES string of the molecule is C(=NNc1cc(N2CCOCC2)cc(OCCN2CCOCC2)n1)c1cccc(C2CC2)c1. The van der Waals surface area contributed by atoms with E-state index in [0.717, 1.165) is 76.3 Å². The van der Waals surface area contributed by atoms with Gasteiger partial charge in [-0.25, -0.2) is 0 Å². The number of aromatic nitrogens is 1. The normalized spacial score (nSPS) is 19.7. The lowest BCUT2D eigenvalue weighted by molar-refractivity contribution is 0.0320. The van der Waals surface area contributed by atoms with Gasteiger partial charge < -0.3 is 19.1 Å². The lowest BCUT2D eigenvalue weighted by Crippen LogP contribution is -2.38. The Morgan fingerprint density at radius 1 is 1.03 bits per heavy atom. The average molecular weight is 452 g/mol. The Morgan fingerprint density at radius 2 is 1.82 bits per heavy atom. The van der Waals surface area contributed by atoms with Gasteiger partial charge in [-0.15, -0.1) is 0 Å². The minimum Gasteiger partial charge on any atom is -0.476 e. The van der Waals surface area contributed by atoms with Crippen molar-refractivity contribution in [2.45, 2.75) is 18.8 Å². The molecule has 1 saturated carbocycles. The van der Waals surface area contributed by atoms with Crippen LogP contribution < -0.4 is 15.1 Å². The fourth-order valence-electron chi connectivity index (χ4n) is 4.21. The molecule has 0 atom stereocenters. The monoisotopic (exact) mass is 451 g/mol. The molecule has 0 unspecified atom stereocenters. The average Bonchev–Trinajstić information content (AvgIpc) is 3.71. The van der Waals surface area contributed by atoms with Crippen molar-refractivity contribution < 1.29 is 14.2 Å². The Morgan fingerprint density at radius 3 is 2.61 bits per heavy atom. The van der Waals surface area contributed by atoms with Crippen LogP contribution in [0.4, 0.5) is 11.5 Å². The van der Waals surface area contributed by atoms with Crippen molar-refractivity contribution in [3.8, 4) is 5.88 Å². The molecule has 8 nitrogen and oxygen atoms in total. The second-order valence-electron chi connectivity index (χ2n) is 8.77. The van der Waals surface area contributed by atoms with Gasteiger partial charge in [-0.05, 0) is 36.0 Å². The maximum atomic E-state index is 6.05. The van der Waals surface area contributed by atoms with Crippen molar-refractivity contribution in [3.05, 3.63) is 47.5 Å². The smallest absolute Gasteiger partial charge is 0.217 e. The fourth-order valence-corrected chi connectivity index (χ4v) is 4.21. The molecule has 1 aromatic carbocycles. The number of benzene rings is 1. The predicted molar refractivity (Wildman–Crippen MR) is 130 cm³/mol. The summed E-state index contributed by atoms with van der Waals surface area (Å²) in [7, 11) is 0. The number of anilines is 2. The zero-order valence-corrected chi connectivity index (χ0v) is 19.1. The molecular weight excluding hydrogens is 418 g/mol. The van der Waals surface area contributed by atoms with E-state index in [4.69, 9.17) is 14.2 Å². The molecule has 5 rings (SSSR count). The van der Waals surface area contributed by atoms with E-state index in [2.05, 4.69) is 49.6 Å². The Bertz CT molecular complexity index is 937. The number of rotatable bonds is 9. The molecular formula is C25H33N5O3. The van der Waals surface area contributed by atoms with Gasteiger partial charge in [0.25, 0.3) is 0 Å². The van der Waals surface area contributed by atoms with Crippen LogP contribution in [0.5, 0.6) is 5.88 Å². The van der Waals surface area contributed by atoms with Crippen molar-refractivity contribution in [3.63, 3.8) is 0 Å². The lowest BCUT2D eigenvalue weighted by Gasteiger charge is -2.29. The molecule has 2 saturated heterocycles. The molecule has 3 aliphatic rings. The molecule has 176 valence electrons. The number of hydrogen-bond donors (Lipinski definition) is 1. The second-order valence-corrected chi connectivity index (χ2v) is 8.77. The van der Waals surface area contributed by atoms with E-state index >= 15 is 0 Å². The molecule has 3 fully saturated rings. The molecule has 8 heteroatoms. The first kappa shape index (κ1) is 22.1. The van der Waals surface area contributed by atoms with Crippen molar-refractivity contribution in [1.82, 2.24) is 9.88 Å². The highest BCUT2D eigenvalue weighted by Gasteiger charge is 2.23. The van der Waals surface area contributed by atoms with Gasteiger partial charge in [-0.2, -0.15) is 10.1 Å². The summed E-state index contributed by atoms with van der Waals surface area (Å²) in [5.41, 5.74) is 6.68. The number of pyridine rings is 1. The van der Waals surface area contributed by atoms with Crippen molar-refractivity contribution in [1.29, 1.82) is 0 Å². The van der Waals surface area contributed by atoms with Crippen LogP contribution >= 0.6 is 0 Å². The number of nitrogens with one attached hydrogen (secondary N) is 1. The first-order valence-corrected chi connectivity index (χ1v) is 12.0. The van der Waals surface area contributed by atoms with E-state index in [1.165, 1.54) is 18.4 Å². The maximum Gasteiger partial charge on any atom is 0.217 e. The summed E-state index contributed by atoms with van der Waals surface area (Å²) in [4.78, 5) is 9.30. The van der Waals surface area contributed by atoms with Crippen LogP contribution in [0.3, 0.4) is 0 Å². The zero-order valence-electron chi connectivity index (χ0n) is 19.1. The first-order valence-electron chi connectivity index (χ1n) is 12.0. The zero-order chi connectivity index (χ0) is 22.3. The van der Waals surface area contributed by atoms with Crippen LogP contribution in [0, 0.1) is 0 Å². The number of ether oxygens (including phenoxy) is 3. The van der Waals surface area contributed by atoms with E-state index in [-0.39, 0.29) is 0 Å². The van der Waals surface area contributed by atoms with E-state index in [1.807, 2.05) is 18.3 Å². The number of hydrogen-bond acceptors (Lipinski definition) is 8. The number of hydrazone groups is 1. The molecule has 33 heavy (non-hydrogen) atoms.